The highest BCUT2D eigenvalue weighted by Crippen LogP contribution is 2.23. The molecular formula is C14H15N2+. The van der Waals surface area contributed by atoms with Crippen LogP contribution < -0.4 is 5.32 Å². The molecule has 1 aromatic carbocycles. The number of aromatic nitrogens is 1. The SMILES string of the molecule is c1ccc2c(c1)CC[NH2+][C@H]2c1ccncc1. The number of benzene rings is 1. The van der Waals surface area contributed by atoms with Gasteiger partial charge < -0.3 is 5.32 Å². The van der Waals surface area contributed by atoms with Gasteiger partial charge in [0.15, 0.2) is 0 Å². The Morgan fingerprint density at radius 1 is 1.06 bits per heavy atom. The second-order valence-corrected chi connectivity index (χ2v) is 4.23. The normalized spacial score (nSPS) is 19.1. The van der Waals surface area contributed by atoms with Crippen LogP contribution >= 0.6 is 0 Å². The number of nitrogens with zero attached hydrogens (tertiary/aromatic N) is 1. The highest BCUT2D eigenvalue weighted by molar-refractivity contribution is 5.36. The molecule has 0 amide bonds. The average molecular weight is 211 g/mol. The molecule has 2 nitrogen and oxygen atoms in total. The molecule has 0 saturated heterocycles. The molecule has 0 fully saturated rings. The molecule has 0 spiro atoms. The fraction of sp³-hybridized carbons (Fsp3) is 0.214. The summed E-state index contributed by atoms with van der Waals surface area (Å²) in [6, 6.07) is 13.4. The maximum absolute atomic E-state index is 4.08. The van der Waals surface area contributed by atoms with Gasteiger partial charge in [-0.3, -0.25) is 4.98 Å². The van der Waals surface area contributed by atoms with E-state index in [9.17, 15) is 0 Å². The van der Waals surface area contributed by atoms with Gasteiger partial charge in [0.05, 0.1) is 6.54 Å². The second-order valence-electron chi connectivity index (χ2n) is 4.23. The Hall–Kier alpha value is -1.67. The maximum Gasteiger partial charge on any atom is 0.138 e. The first-order valence-electron chi connectivity index (χ1n) is 5.76. The van der Waals surface area contributed by atoms with Crippen molar-refractivity contribution in [2.45, 2.75) is 12.5 Å². The van der Waals surface area contributed by atoms with Gasteiger partial charge >= 0.3 is 0 Å². The van der Waals surface area contributed by atoms with Crippen LogP contribution in [0.1, 0.15) is 22.7 Å². The molecule has 2 heterocycles. The topological polar surface area (TPSA) is 29.5 Å². The van der Waals surface area contributed by atoms with Crippen LogP contribution in [0.15, 0.2) is 48.8 Å². The van der Waals surface area contributed by atoms with Crippen molar-refractivity contribution in [1.29, 1.82) is 0 Å². The predicted octanol–water partition coefficient (Wildman–Crippen LogP) is 1.29. The highest BCUT2D eigenvalue weighted by Gasteiger charge is 2.23. The molecule has 0 radical (unpaired) electrons. The van der Waals surface area contributed by atoms with Gasteiger partial charge in [-0.05, 0) is 17.7 Å². The van der Waals surface area contributed by atoms with E-state index < -0.39 is 0 Å². The summed E-state index contributed by atoms with van der Waals surface area (Å²) in [5, 5.41) is 2.41. The van der Waals surface area contributed by atoms with E-state index in [1.165, 1.54) is 29.7 Å². The number of rotatable bonds is 1. The van der Waals surface area contributed by atoms with Crippen molar-refractivity contribution >= 4 is 0 Å². The molecule has 2 heteroatoms. The summed E-state index contributed by atoms with van der Waals surface area (Å²) in [7, 11) is 0. The quantitative estimate of drug-likeness (QED) is 0.756. The average Bonchev–Trinajstić information content (AvgIpc) is 2.39. The van der Waals surface area contributed by atoms with Gasteiger partial charge in [-0.15, -0.1) is 0 Å². The molecule has 16 heavy (non-hydrogen) atoms. The zero-order chi connectivity index (χ0) is 10.8. The van der Waals surface area contributed by atoms with E-state index in [4.69, 9.17) is 0 Å². The summed E-state index contributed by atoms with van der Waals surface area (Å²) in [6.45, 7) is 1.17. The van der Waals surface area contributed by atoms with Crippen LogP contribution in [-0.2, 0) is 6.42 Å². The van der Waals surface area contributed by atoms with Gasteiger partial charge in [0, 0.05) is 29.9 Å². The summed E-state index contributed by atoms with van der Waals surface area (Å²) < 4.78 is 0. The summed E-state index contributed by atoms with van der Waals surface area (Å²) in [5.74, 6) is 0. The van der Waals surface area contributed by atoms with Crippen LogP contribution in [0.25, 0.3) is 0 Å². The standard InChI is InChI=1S/C14H14N2/c1-2-4-13-11(3-1)7-10-16-14(13)12-5-8-15-9-6-12/h1-6,8-9,14,16H,7,10H2/p+1/t14-/m0/s1. The Kier molecular flexibility index (Phi) is 2.43. The molecule has 2 aromatic rings. The van der Waals surface area contributed by atoms with Crippen molar-refractivity contribution in [2.75, 3.05) is 6.54 Å². The molecule has 0 unspecified atom stereocenters. The highest BCUT2D eigenvalue weighted by atomic mass is 14.9. The molecule has 1 aromatic heterocycles. The number of hydrogen-bond donors (Lipinski definition) is 1. The van der Waals surface area contributed by atoms with E-state index in [2.05, 4.69) is 46.7 Å². The molecule has 0 aliphatic carbocycles. The van der Waals surface area contributed by atoms with Crippen LogP contribution in [-0.4, -0.2) is 11.5 Å². The molecule has 2 N–H and O–H groups in total. The van der Waals surface area contributed by atoms with Crippen molar-refractivity contribution in [2.24, 2.45) is 0 Å². The molecule has 0 saturated carbocycles. The zero-order valence-corrected chi connectivity index (χ0v) is 9.13. The Morgan fingerprint density at radius 3 is 2.75 bits per heavy atom. The van der Waals surface area contributed by atoms with Crippen LogP contribution in [0.5, 0.6) is 0 Å². The lowest BCUT2D eigenvalue weighted by molar-refractivity contribution is -0.690. The molecule has 1 aliphatic rings. The second kappa shape index (κ2) is 4.06. The summed E-state index contributed by atoms with van der Waals surface area (Å²) in [6.07, 6.45) is 4.93. The van der Waals surface area contributed by atoms with Gasteiger partial charge in [0.1, 0.15) is 6.04 Å². The summed E-state index contributed by atoms with van der Waals surface area (Å²) >= 11 is 0. The van der Waals surface area contributed by atoms with E-state index in [0.717, 1.165) is 0 Å². The third kappa shape index (κ3) is 1.61. The largest absolute Gasteiger partial charge is 0.336 e. The number of quaternary nitrogens is 1. The van der Waals surface area contributed by atoms with Crippen molar-refractivity contribution < 1.29 is 5.32 Å². The molecule has 1 aliphatic heterocycles. The Labute approximate surface area is 95.3 Å². The van der Waals surface area contributed by atoms with Crippen LogP contribution in [0.2, 0.25) is 0 Å². The Morgan fingerprint density at radius 2 is 1.88 bits per heavy atom. The third-order valence-electron chi connectivity index (χ3n) is 3.27. The van der Waals surface area contributed by atoms with E-state index in [1.807, 2.05) is 12.4 Å². The first-order valence-corrected chi connectivity index (χ1v) is 5.76. The lowest BCUT2D eigenvalue weighted by Crippen LogP contribution is -2.87. The number of pyridine rings is 1. The van der Waals surface area contributed by atoms with E-state index in [-0.39, 0.29) is 0 Å². The van der Waals surface area contributed by atoms with Crippen molar-refractivity contribution in [3.05, 3.63) is 65.5 Å². The Bertz CT molecular complexity index is 479. The molecule has 80 valence electrons. The van der Waals surface area contributed by atoms with E-state index >= 15 is 0 Å². The van der Waals surface area contributed by atoms with Gasteiger partial charge in [-0.2, -0.15) is 0 Å². The lowest BCUT2D eigenvalue weighted by Gasteiger charge is -2.23. The zero-order valence-electron chi connectivity index (χ0n) is 9.13. The molecule has 3 rings (SSSR count). The minimum Gasteiger partial charge on any atom is -0.336 e. The first-order chi connectivity index (χ1) is 7.95. The van der Waals surface area contributed by atoms with Crippen molar-refractivity contribution in [3.8, 4) is 0 Å². The fourth-order valence-electron chi connectivity index (χ4n) is 2.48. The van der Waals surface area contributed by atoms with Gasteiger partial charge in [-0.1, -0.05) is 24.3 Å². The number of nitrogens with two attached hydrogens (primary N) is 1. The number of hydrogen-bond acceptors (Lipinski definition) is 1. The molecule has 0 bridgehead atoms. The first kappa shape index (κ1) is 9.55. The van der Waals surface area contributed by atoms with Crippen molar-refractivity contribution in [3.63, 3.8) is 0 Å². The lowest BCUT2D eigenvalue weighted by atomic mass is 9.90. The third-order valence-corrected chi connectivity index (χ3v) is 3.27. The van der Waals surface area contributed by atoms with Gasteiger partial charge in [0.25, 0.3) is 0 Å². The molecular weight excluding hydrogens is 196 g/mol. The van der Waals surface area contributed by atoms with Crippen LogP contribution in [0, 0.1) is 0 Å². The van der Waals surface area contributed by atoms with E-state index in [0.29, 0.717) is 6.04 Å². The monoisotopic (exact) mass is 211 g/mol. The Balaban J connectivity index is 2.05. The smallest absolute Gasteiger partial charge is 0.138 e. The molecule has 1 atom stereocenters. The predicted molar refractivity (Wildman–Crippen MR) is 63.0 cm³/mol. The number of fused-ring (bicyclic) bond motifs is 1. The van der Waals surface area contributed by atoms with Crippen LogP contribution in [0.3, 0.4) is 0 Å². The van der Waals surface area contributed by atoms with Crippen LogP contribution in [0.4, 0.5) is 0 Å². The minimum absolute atomic E-state index is 0.452. The minimum atomic E-state index is 0.452. The van der Waals surface area contributed by atoms with E-state index in [1.54, 1.807) is 0 Å². The maximum atomic E-state index is 4.08. The summed E-state index contributed by atoms with van der Waals surface area (Å²) in [4.78, 5) is 4.08. The van der Waals surface area contributed by atoms with Gasteiger partial charge in [-0.25, -0.2) is 0 Å². The fourth-order valence-corrected chi connectivity index (χ4v) is 2.48. The summed E-state index contributed by atoms with van der Waals surface area (Å²) in [5.41, 5.74) is 4.30. The van der Waals surface area contributed by atoms with Gasteiger partial charge in [0.2, 0.25) is 0 Å². The van der Waals surface area contributed by atoms with Crippen molar-refractivity contribution in [1.82, 2.24) is 4.98 Å².